The van der Waals surface area contributed by atoms with Crippen LogP contribution in [0.5, 0.6) is 0 Å². The van der Waals surface area contributed by atoms with Crippen molar-refractivity contribution in [2.24, 2.45) is 0 Å². The van der Waals surface area contributed by atoms with Crippen molar-refractivity contribution in [3.8, 4) is 0 Å². The van der Waals surface area contributed by atoms with Crippen LogP contribution < -0.4 is 5.32 Å². The van der Waals surface area contributed by atoms with Gasteiger partial charge < -0.3 is 5.32 Å². The van der Waals surface area contributed by atoms with Crippen LogP contribution in [0.15, 0.2) is 36.4 Å². The second-order valence-corrected chi connectivity index (χ2v) is 5.31. The lowest BCUT2D eigenvalue weighted by atomic mass is 10.1. The number of rotatable bonds is 4. The fourth-order valence-electron chi connectivity index (χ4n) is 1.88. The first-order chi connectivity index (χ1) is 8.20. The van der Waals surface area contributed by atoms with E-state index in [0.29, 0.717) is 0 Å². The van der Waals surface area contributed by atoms with Gasteiger partial charge in [0.1, 0.15) is 5.82 Å². The molecule has 1 nitrogen and oxygen atoms in total. The Hall–Kier alpha value is -1.19. The van der Waals surface area contributed by atoms with Crippen LogP contribution in [0, 0.1) is 12.7 Å². The first-order valence-electron chi connectivity index (χ1n) is 5.76. The van der Waals surface area contributed by atoms with Gasteiger partial charge in [0.2, 0.25) is 0 Å². The molecule has 2 aromatic rings. The molecule has 0 saturated heterocycles. The fraction of sp³-hybridized carbons (Fsp3) is 0.286. The van der Waals surface area contributed by atoms with Gasteiger partial charge in [0.25, 0.3) is 0 Å². The third kappa shape index (κ3) is 2.93. The zero-order valence-corrected chi connectivity index (χ0v) is 10.9. The maximum absolute atomic E-state index is 13.3. The van der Waals surface area contributed by atoms with E-state index in [1.807, 2.05) is 6.07 Å². The largest absolute Gasteiger partial charge is 0.306 e. The average Bonchev–Trinajstić information content (AvgIpc) is 2.72. The van der Waals surface area contributed by atoms with E-state index < -0.39 is 0 Å². The van der Waals surface area contributed by atoms with Crippen LogP contribution in [-0.4, -0.2) is 6.54 Å². The molecule has 0 amide bonds. The van der Waals surface area contributed by atoms with Gasteiger partial charge in [-0.1, -0.05) is 19.1 Å². The van der Waals surface area contributed by atoms with Crippen molar-refractivity contribution < 1.29 is 4.39 Å². The summed E-state index contributed by atoms with van der Waals surface area (Å²) in [5.41, 5.74) is 0.980. The van der Waals surface area contributed by atoms with Crippen LogP contribution in [0.2, 0.25) is 0 Å². The third-order valence-corrected chi connectivity index (χ3v) is 3.70. The molecular weight excluding hydrogens is 233 g/mol. The molecule has 0 saturated carbocycles. The van der Waals surface area contributed by atoms with Gasteiger partial charge in [-0.3, -0.25) is 0 Å². The Balaban J connectivity index is 2.35. The maximum Gasteiger partial charge on any atom is 0.123 e. The SMILES string of the molecule is CCNC(c1cccc(F)c1)c1ccc(C)s1. The number of benzene rings is 1. The summed E-state index contributed by atoms with van der Waals surface area (Å²) in [6, 6.07) is 11.1. The Morgan fingerprint density at radius 2 is 2.12 bits per heavy atom. The zero-order valence-electron chi connectivity index (χ0n) is 10.0. The Morgan fingerprint density at radius 1 is 1.29 bits per heavy atom. The topological polar surface area (TPSA) is 12.0 Å². The van der Waals surface area contributed by atoms with Gasteiger partial charge in [0, 0.05) is 9.75 Å². The summed E-state index contributed by atoms with van der Waals surface area (Å²) < 4.78 is 13.3. The summed E-state index contributed by atoms with van der Waals surface area (Å²) in [6.07, 6.45) is 0. The van der Waals surface area contributed by atoms with Crippen molar-refractivity contribution in [3.63, 3.8) is 0 Å². The molecule has 0 radical (unpaired) electrons. The van der Waals surface area contributed by atoms with E-state index in [4.69, 9.17) is 0 Å². The van der Waals surface area contributed by atoms with Crippen molar-refractivity contribution >= 4 is 11.3 Å². The van der Waals surface area contributed by atoms with Gasteiger partial charge in [-0.05, 0) is 43.3 Å². The molecule has 0 aliphatic heterocycles. The van der Waals surface area contributed by atoms with E-state index >= 15 is 0 Å². The predicted octanol–water partition coefficient (Wildman–Crippen LogP) is 3.89. The summed E-state index contributed by atoms with van der Waals surface area (Å²) in [6.45, 7) is 5.01. The number of thiophene rings is 1. The Morgan fingerprint density at radius 3 is 2.71 bits per heavy atom. The van der Waals surface area contributed by atoms with Crippen LogP contribution in [0.25, 0.3) is 0 Å². The van der Waals surface area contributed by atoms with Crippen molar-refractivity contribution in [1.29, 1.82) is 0 Å². The van der Waals surface area contributed by atoms with E-state index in [-0.39, 0.29) is 11.9 Å². The monoisotopic (exact) mass is 249 g/mol. The molecule has 0 aliphatic carbocycles. The van der Waals surface area contributed by atoms with E-state index in [9.17, 15) is 4.39 Å². The first kappa shape index (κ1) is 12.3. The minimum atomic E-state index is -0.182. The van der Waals surface area contributed by atoms with E-state index in [2.05, 4.69) is 31.3 Å². The average molecular weight is 249 g/mol. The second-order valence-electron chi connectivity index (χ2n) is 3.99. The lowest BCUT2D eigenvalue weighted by Crippen LogP contribution is -2.21. The summed E-state index contributed by atoms with van der Waals surface area (Å²) in [5, 5.41) is 3.40. The number of aryl methyl sites for hydroxylation is 1. The normalized spacial score (nSPS) is 12.6. The molecule has 17 heavy (non-hydrogen) atoms. The molecule has 1 N–H and O–H groups in total. The number of halogens is 1. The van der Waals surface area contributed by atoms with Crippen molar-refractivity contribution in [3.05, 3.63) is 57.5 Å². The van der Waals surface area contributed by atoms with Gasteiger partial charge in [0.15, 0.2) is 0 Å². The Kier molecular flexibility index (Phi) is 3.92. The molecule has 0 spiro atoms. The molecule has 0 fully saturated rings. The summed E-state index contributed by atoms with van der Waals surface area (Å²) in [4.78, 5) is 2.51. The molecular formula is C14H16FNS. The molecule has 2 rings (SSSR count). The molecule has 0 aliphatic rings. The molecule has 90 valence electrons. The van der Waals surface area contributed by atoms with Crippen LogP contribution in [0.3, 0.4) is 0 Å². The molecule has 1 atom stereocenters. The van der Waals surface area contributed by atoms with Crippen molar-refractivity contribution in [1.82, 2.24) is 5.32 Å². The Labute approximate surface area is 105 Å². The summed E-state index contributed by atoms with van der Waals surface area (Å²) in [7, 11) is 0. The highest BCUT2D eigenvalue weighted by Gasteiger charge is 2.14. The number of hydrogen-bond acceptors (Lipinski definition) is 2. The Bertz CT molecular complexity index is 492. The molecule has 1 aromatic heterocycles. The summed E-state index contributed by atoms with van der Waals surface area (Å²) in [5.74, 6) is -0.182. The van der Waals surface area contributed by atoms with Gasteiger partial charge in [0.05, 0.1) is 6.04 Å². The van der Waals surface area contributed by atoms with E-state index in [1.165, 1.54) is 15.8 Å². The highest BCUT2D eigenvalue weighted by Crippen LogP contribution is 2.28. The van der Waals surface area contributed by atoms with Gasteiger partial charge in [-0.2, -0.15) is 0 Å². The minimum Gasteiger partial charge on any atom is -0.306 e. The molecule has 0 bridgehead atoms. The van der Waals surface area contributed by atoms with E-state index in [1.54, 1.807) is 23.5 Å². The highest BCUT2D eigenvalue weighted by molar-refractivity contribution is 7.12. The van der Waals surface area contributed by atoms with Gasteiger partial charge >= 0.3 is 0 Å². The molecule has 1 unspecified atom stereocenters. The molecule has 1 heterocycles. The third-order valence-electron chi connectivity index (χ3n) is 2.64. The quantitative estimate of drug-likeness (QED) is 0.866. The number of nitrogens with one attached hydrogen (secondary N) is 1. The maximum atomic E-state index is 13.3. The van der Waals surface area contributed by atoms with Gasteiger partial charge in [-0.15, -0.1) is 11.3 Å². The zero-order chi connectivity index (χ0) is 12.3. The lowest BCUT2D eigenvalue weighted by molar-refractivity contribution is 0.607. The summed E-state index contributed by atoms with van der Waals surface area (Å²) >= 11 is 1.75. The molecule has 3 heteroatoms. The first-order valence-corrected chi connectivity index (χ1v) is 6.57. The van der Waals surface area contributed by atoms with Gasteiger partial charge in [-0.25, -0.2) is 4.39 Å². The number of hydrogen-bond donors (Lipinski definition) is 1. The minimum absolute atomic E-state index is 0.0920. The van der Waals surface area contributed by atoms with Crippen LogP contribution >= 0.6 is 11.3 Å². The predicted molar refractivity (Wildman–Crippen MR) is 71.0 cm³/mol. The van der Waals surface area contributed by atoms with Crippen LogP contribution in [-0.2, 0) is 0 Å². The van der Waals surface area contributed by atoms with E-state index in [0.717, 1.165) is 12.1 Å². The standard InChI is InChI=1S/C14H16FNS/c1-3-16-14(13-8-7-10(2)17-13)11-5-4-6-12(15)9-11/h4-9,14,16H,3H2,1-2H3. The van der Waals surface area contributed by atoms with Crippen LogP contribution in [0.1, 0.15) is 28.3 Å². The highest BCUT2D eigenvalue weighted by atomic mass is 32.1. The van der Waals surface area contributed by atoms with Crippen molar-refractivity contribution in [2.45, 2.75) is 19.9 Å². The molecule has 1 aromatic carbocycles. The lowest BCUT2D eigenvalue weighted by Gasteiger charge is -2.16. The fourth-order valence-corrected chi connectivity index (χ4v) is 2.86. The second kappa shape index (κ2) is 5.43. The van der Waals surface area contributed by atoms with Crippen LogP contribution in [0.4, 0.5) is 4.39 Å². The van der Waals surface area contributed by atoms with Crippen molar-refractivity contribution in [2.75, 3.05) is 6.54 Å². The smallest absolute Gasteiger partial charge is 0.123 e.